The van der Waals surface area contributed by atoms with Crippen molar-refractivity contribution in [1.29, 1.82) is 0 Å². The summed E-state index contributed by atoms with van der Waals surface area (Å²) >= 11 is -4.62. The predicted octanol–water partition coefficient (Wildman–Crippen LogP) is 8.37. The molecule has 0 spiro atoms. The molecule has 2 unspecified atom stereocenters. The van der Waals surface area contributed by atoms with Crippen molar-refractivity contribution in [1.82, 2.24) is 0 Å². The first kappa shape index (κ1) is 42.8. The minimum atomic E-state index is -4.45. The van der Waals surface area contributed by atoms with Crippen molar-refractivity contribution in [3.05, 3.63) is 154 Å². The molecule has 6 aromatic rings. The van der Waals surface area contributed by atoms with E-state index in [1.807, 2.05) is 12.1 Å². The van der Waals surface area contributed by atoms with E-state index in [1.165, 1.54) is 34.4 Å². The van der Waals surface area contributed by atoms with Gasteiger partial charge < -0.3 is 24.8 Å². The zero-order valence-electron chi connectivity index (χ0n) is 31.2. The molecule has 0 nitrogen and oxygen atoms in total. The third kappa shape index (κ3) is 7.26. The zero-order valence-corrected chi connectivity index (χ0v) is 38.5. The first-order chi connectivity index (χ1) is 25.8. The van der Waals surface area contributed by atoms with Gasteiger partial charge >= 0.3 is 325 Å². The smallest absolute Gasteiger partial charge is 1.00 e. The Labute approximate surface area is 346 Å². The van der Waals surface area contributed by atoms with Crippen LogP contribution in [0.25, 0.3) is 56.0 Å². The second-order valence-corrected chi connectivity index (χ2v) is 56.9. The molecule has 0 saturated carbocycles. The van der Waals surface area contributed by atoms with E-state index in [1.54, 1.807) is 48.5 Å². The normalized spacial score (nSPS) is 16.3. The van der Waals surface area contributed by atoms with Crippen molar-refractivity contribution >= 4 is 48.9 Å². The summed E-state index contributed by atoms with van der Waals surface area (Å²) in [6, 6.07) is 32.2. The molecule has 2 aliphatic carbocycles. The van der Waals surface area contributed by atoms with Gasteiger partial charge in [0.2, 0.25) is 0 Å². The monoisotopic (exact) mass is 985 g/mol. The van der Waals surface area contributed by atoms with Gasteiger partial charge in [0.05, 0.1) is 0 Å². The molecular formula is C46H39Cl2F6SnZr. The molecule has 0 saturated heterocycles. The Balaban J connectivity index is 0.00000266. The van der Waals surface area contributed by atoms with Crippen LogP contribution < -0.4 is 24.8 Å². The maximum Gasteiger partial charge on any atom is -1.00 e. The maximum absolute atomic E-state index is 14.1. The van der Waals surface area contributed by atoms with Gasteiger partial charge in [-0.25, -0.2) is 0 Å². The molecule has 6 aromatic carbocycles. The Morgan fingerprint density at radius 1 is 0.482 bits per heavy atom. The fraction of sp³-hybridized carbons (Fsp3) is 0.217. The molecule has 0 bridgehead atoms. The molecule has 0 N–H and O–H groups in total. The summed E-state index contributed by atoms with van der Waals surface area (Å²) in [5.74, 6) is 0. The molecule has 0 fully saturated rings. The van der Waals surface area contributed by atoms with Crippen LogP contribution in [0.1, 0.15) is 67.3 Å². The van der Waals surface area contributed by atoms with Crippen molar-refractivity contribution < 1.29 is 68.7 Å². The molecule has 0 radical (unpaired) electrons. The van der Waals surface area contributed by atoms with Gasteiger partial charge in [0.15, 0.2) is 0 Å². The van der Waals surface area contributed by atoms with Crippen LogP contribution in [0.5, 0.6) is 0 Å². The Bertz CT molecular complexity index is 2350. The minimum Gasteiger partial charge on any atom is -1.00 e. The van der Waals surface area contributed by atoms with Crippen molar-refractivity contribution in [2.75, 3.05) is 0 Å². The number of fused-ring (bicyclic) bond motifs is 4. The van der Waals surface area contributed by atoms with Crippen LogP contribution in [0.2, 0.25) is 9.88 Å². The minimum absolute atomic E-state index is 0. The zero-order chi connectivity index (χ0) is 38.1. The van der Waals surface area contributed by atoms with Crippen LogP contribution in [0.3, 0.4) is 0 Å². The Morgan fingerprint density at radius 3 is 1.20 bits per heavy atom. The first-order valence-electron chi connectivity index (χ1n) is 18.5. The van der Waals surface area contributed by atoms with Crippen molar-refractivity contribution in [3.8, 4) is 22.3 Å². The third-order valence-electron chi connectivity index (χ3n) is 11.5. The number of hydrogen-bond donors (Lipinski definition) is 0. The van der Waals surface area contributed by atoms with E-state index in [9.17, 15) is 26.3 Å². The van der Waals surface area contributed by atoms with Crippen LogP contribution in [0.15, 0.2) is 120 Å². The number of alkyl halides is 6. The summed E-state index contributed by atoms with van der Waals surface area (Å²) in [7, 11) is 0. The predicted molar refractivity (Wildman–Crippen MR) is 210 cm³/mol. The molecule has 0 aromatic heterocycles. The van der Waals surface area contributed by atoms with E-state index in [4.69, 9.17) is 0 Å². The second kappa shape index (κ2) is 16.4. The average Bonchev–Trinajstić information content (AvgIpc) is 3.72. The summed E-state index contributed by atoms with van der Waals surface area (Å²) in [6.45, 7) is 4.45. The summed E-state index contributed by atoms with van der Waals surface area (Å²) < 4.78 is 85.3. The van der Waals surface area contributed by atoms with Gasteiger partial charge in [-0.05, 0) is 0 Å². The molecule has 0 aliphatic heterocycles. The average molecular weight is 987 g/mol. The van der Waals surface area contributed by atoms with E-state index < -0.39 is 56.3 Å². The molecule has 0 amide bonds. The fourth-order valence-corrected chi connectivity index (χ4v) is 55.6. The number of hydrogen-bond acceptors (Lipinski definition) is 0. The van der Waals surface area contributed by atoms with Crippen LogP contribution in [0, 0.1) is 0 Å². The van der Waals surface area contributed by atoms with E-state index in [2.05, 4.69) is 72.3 Å². The Hall–Kier alpha value is -2.84. The molecule has 287 valence electrons. The number of benzene rings is 6. The number of rotatable bonds is 7. The van der Waals surface area contributed by atoms with Gasteiger partial charge in [0, 0.05) is 0 Å². The molecule has 0 heterocycles. The van der Waals surface area contributed by atoms with Gasteiger partial charge in [-0.3, -0.25) is 0 Å². The van der Waals surface area contributed by atoms with Crippen LogP contribution in [-0.4, -0.2) is 15.2 Å². The first-order valence-corrected chi connectivity index (χ1v) is 39.1. The van der Waals surface area contributed by atoms with E-state index in [0.29, 0.717) is 18.0 Å². The molecule has 2 aliphatic rings. The van der Waals surface area contributed by atoms with E-state index in [-0.39, 0.29) is 35.6 Å². The van der Waals surface area contributed by atoms with Crippen molar-refractivity contribution in [2.24, 2.45) is 0 Å². The summed E-state index contributed by atoms with van der Waals surface area (Å²) in [5.41, 5.74) is 10.1. The van der Waals surface area contributed by atoms with Crippen molar-refractivity contribution in [2.45, 2.75) is 56.2 Å². The van der Waals surface area contributed by atoms with E-state index in [0.717, 1.165) is 46.2 Å². The number of halogens is 8. The van der Waals surface area contributed by atoms with Crippen LogP contribution in [0.4, 0.5) is 26.3 Å². The standard InChI is InChI=1S/2C22H16F3.2CH3.2ClH.Sn.Zr.H/c2*1-2-14-12-15-6-5-9-17(20(15)13-14)18-10-11-21(22(23,24)25)19-8-4-3-7-16(18)19;;;;;;;/h2*3-13H,2H2,1H3;2*1H3;2*1H;;;/q;;;;;;;+2;/p-2. The van der Waals surface area contributed by atoms with Crippen molar-refractivity contribution in [3.63, 3.8) is 0 Å². The molecule has 56 heavy (non-hydrogen) atoms. The quantitative estimate of drug-likeness (QED) is 0.112. The topological polar surface area (TPSA) is 0 Å². The molecule has 2 atom stereocenters. The molecular weight excluding hydrogens is 947 g/mol. The fourth-order valence-electron chi connectivity index (χ4n) is 9.19. The van der Waals surface area contributed by atoms with Gasteiger partial charge in [-0.2, -0.15) is 0 Å². The van der Waals surface area contributed by atoms with Gasteiger partial charge in [-0.15, -0.1) is 0 Å². The van der Waals surface area contributed by atoms with Gasteiger partial charge in [-0.1, -0.05) is 0 Å². The van der Waals surface area contributed by atoms with Gasteiger partial charge in [0.25, 0.3) is 0 Å². The largest absolute Gasteiger partial charge is 1.00 e. The summed E-state index contributed by atoms with van der Waals surface area (Å²) in [6.07, 6.45) is -2.40. The molecule has 10 heteroatoms. The summed E-state index contributed by atoms with van der Waals surface area (Å²) in [5, 5.41) is 1.62. The van der Waals surface area contributed by atoms with Crippen LogP contribution in [-0.2, 0) is 29.9 Å². The maximum atomic E-state index is 14.1. The second-order valence-electron chi connectivity index (χ2n) is 14.7. The molecule has 8 rings (SSSR count). The SMILES string of the molecule is CCC1=Cc2c(-c3ccc(C(F)(F)F)c4ccccc34)cccc2[CH]1[Zr+2]([CH]1C(CC)=Cc2c(-c3ccc(C(F)(F)F)c4ccccc34)cccc21)[SnH]([CH3])[CH3].[Cl-].[Cl-]. The Kier molecular flexibility index (Phi) is 12.5. The van der Waals surface area contributed by atoms with E-state index >= 15 is 0 Å². The van der Waals surface area contributed by atoms with Crippen LogP contribution >= 0.6 is 0 Å². The summed E-state index contributed by atoms with van der Waals surface area (Å²) in [4.78, 5) is 5.13. The number of allylic oxidation sites excluding steroid dienone is 2. The van der Waals surface area contributed by atoms with Gasteiger partial charge in [0.1, 0.15) is 0 Å². The third-order valence-corrected chi connectivity index (χ3v) is 55.2. The Morgan fingerprint density at radius 2 is 0.857 bits per heavy atom.